The van der Waals surface area contributed by atoms with Gasteiger partial charge in [-0.1, -0.05) is 25.5 Å². The van der Waals surface area contributed by atoms with Crippen molar-refractivity contribution < 1.29 is 15.0 Å². The molecule has 0 heterocycles. The van der Waals surface area contributed by atoms with E-state index in [1.807, 2.05) is 13.8 Å². The fourth-order valence-electron chi connectivity index (χ4n) is 7.42. The maximum Gasteiger partial charge on any atom is 0.309 e. The number of carboxylic acids is 1. The molecule has 0 aromatic heterocycles. The van der Waals surface area contributed by atoms with Gasteiger partial charge in [-0.2, -0.15) is 0 Å². The lowest BCUT2D eigenvalue weighted by Gasteiger charge is -2.62. The smallest absolute Gasteiger partial charge is 0.309 e. The molecule has 4 aliphatic rings. The molecule has 128 valence electrons. The molecular weight excluding hydrogens is 288 g/mol. The van der Waals surface area contributed by atoms with Crippen molar-refractivity contribution in [2.24, 2.45) is 34.0 Å². The van der Waals surface area contributed by atoms with Crippen LogP contribution in [0.15, 0.2) is 12.2 Å². The molecule has 0 aromatic rings. The van der Waals surface area contributed by atoms with Gasteiger partial charge < -0.3 is 10.2 Å². The third-order valence-electron chi connectivity index (χ3n) is 8.44. The number of aliphatic hydroxyl groups is 1. The van der Waals surface area contributed by atoms with Crippen LogP contribution >= 0.6 is 0 Å². The van der Waals surface area contributed by atoms with E-state index in [-0.39, 0.29) is 22.7 Å². The number of hydrogen-bond donors (Lipinski definition) is 2. The molecule has 23 heavy (non-hydrogen) atoms. The summed E-state index contributed by atoms with van der Waals surface area (Å²) in [6.07, 6.45) is 11.6. The molecule has 3 saturated carbocycles. The summed E-state index contributed by atoms with van der Waals surface area (Å²) >= 11 is 0. The molecule has 3 fully saturated rings. The van der Waals surface area contributed by atoms with Gasteiger partial charge in [-0.05, 0) is 75.0 Å². The number of carboxylic acid groups (broad SMARTS) is 1. The highest BCUT2D eigenvalue weighted by Crippen LogP contribution is 2.71. The van der Waals surface area contributed by atoms with Crippen molar-refractivity contribution in [3.05, 3.63) is 12.2 Å². The third-order valence-corrected chi connectivity index (χ3v) is 8.44. The van der Waals surface area contributed by atoms with E-state index >= 15 is 0 Å². The van der Waals surface area contributed by atoms with E-state index < -0.39 is 17.0 Å². The Morgan fingerprint density at radius 3 is 2.57 bits per heavy atom. The molecule has 3 heteroatoms. The quantitative estimate of drug-likeness (QED) is 0.718. The second-order valence-electron chi connectivity index (χ2n) is 9.74. The van der Waals surface area contributed by atoms with Gasteiger partial charge in [0.05, 0.1) is 11.0 Å². The van der Waals surface area contributed by atoms with Gasteiger partial charge in [-0.25, -0.2) is 0 Å². The fourth-order valence-corrected chi connectivity index (χ4v) is 7.42. The number of rotatable bonds is 1. The Morgan fingerprint density at radius 1 is 1.13 bits per heavy atom. The molecule has 4 rings (SSSR count). The average molecular weight is 318 g/mol. The number of aliphatic carboxylic acids is 1. The minimum atomic E-state index is -0.611. The monoisotopic (exact) mass is 318 g/mol. The van der Waals surface area contributed by atoms with Gasteiger partial charge in [0, 0.05) is 5.92 Å². The first-order valence-electron chi connectivity index (χ1n) is 9.28. The lowest BCUT2D eigenvalue weighted by atomic mass is 9.42. The Hall–Kier alpha value is -0.830. The van der Waals surface area contributed by atoms with Crippen LogP contribution in [-0.2, 0) is 4.79 Å². The summed E-state index contributed by atoms with van der Waals surface area (Å²) in [4.78, 5) is 12.0. The number of allylic oxidation sites excluding steroid dienone is 1. The van der Waals surface area contributed by atoms with Crippen molar-refractivity contribution in [2.75, 3.05) is 0 Å². The zero-order valence-corrected chi connectivity index (χ0v) is 14.6. The van der Waals surface area contributed by atoms with Gasteiger partial charge in [0.2, 0.25) is 0 Å². The molecule has 4 aliphatic carbocycles. The van der Waals surface area contributed by atoms with E-state index in [1.165, 1.54) is 0 Å². The van der Waals surface area contributed by atoms with E-state index in [1.54, 1.807) is 0 Å². The molecule has 0 aliphatic heterocycles. The summed E-state index contributed by atoms with van der Waals surface area (Å²) < 4.78 is 0. The Bertz CT molecular complexity index is 579. The van der Waals surface area contributed by atoms with Crippen LogP contribution in [0.1, 0.15) is 65.7 Å². The standard InChI is InChI=1S/C20H30O3/c1-17-8-4-9-18(2,16(21)22)14(17)7-10-20-11-13(5-6-15(17)20)19(3,23)12-20/h5-6,13-15,23H,4,7-12H2,1-3H3,(H,21,22)/t13-,14-,15-,17-,18-,19-,20+/m1/s1. The predicted molar refractivity (Wildman–Crippen MR) is 88.8 cm³/mol. The van der Waals surface area contributed by atoms with Crippen LogP contribution in [0.4, 0.5) is 0 Å². The van der Waals surface area contributed by atoms with Crippen molar-refractivity contribution in [1.29, 1.82) is 0 Å². The number of hydrogen-bond acceptors (Lipinski definition) is 2. The van der Waals surface area contributed by atoms with Crippen molar-refractivity contribution >= 4 is 5.97 Å². The molecule has 0 amide bonds. The zero-order chi connectivity index (χ0) is 16.7. The summed E-state index contributed by atoms with van der Waals surface area (Å²) in [7, 11) is 0. The zero-order valence-electron chi connectivity index (χ0n) is 14.6. The van der Waals surface area contributed by atoms with E-state index in [9.17, 15) is 15.0 Å². The molecular formula is C20H30O3. The SMILES string of the molecule is C[C@@]12CCC[C@@](C)(C(=O)O)[C@@H]1CC[C@@]13C[C@@H](C=C[C@@H]12)[C@](C)(O)C3. The minimum absolute atomic E-state index is 0.0610. The van der Waals surface area contributed by atoms with Crippen molar-refractivity contribution in [3.8, 4) is 0 Å². The first kappa shape index (κ1) is 15.7. The van der Waals surface area contributed by atoms with E-state index in [0.29, 0.717) is 5.92 Å². The maximum atomic E-state index is 12.0. The molecule has 2 bridgehead atoms. The average Bonchev–Trinajstić information content (AvgIpc) is 2.63. The Morgan fingerprint density at radius 2 is 1.87 bits per heavy atom. The predicted octanol–water partition coefficient (Wildman–Crippen LogP) is 4.01. The number of carbonyl (C=O) groups is 1. The van der Waals surface area contributed by atoms with Gasteiger partial charge in [-0.15, -0.1) is 0 Å². The van der Waals surface area contributed by atoms with Gasteiger partial charge in [0.1, 0.15) is 0 Å². The molecule has 7 atom stereocenters. The van der Waals surface area contributed by atoms with Crippen LogP contribution in [0.3, 0.4) is 0 Å². The minimum Gasteiger partial charge on any atom is -0.481 e. The van der Waals surface area contributed by atoms with Gasteiger partial charge in [-0.3, -0.25) is 4.79 Å². The number of fused-ring (bicyclic) bond motifs is 3. The van der Waals surface area contributed by atoms with E-state index in [0.717, 1.165) is 44.9 Å². The molecule has 0 radical (unpaired) electrons. The van der Waals surface area contributed by atoms with Crippen LogP contribution in [0, 0.1) is 34.0 Å². The second-order valence-corrected chi connectivity index (χ2v) is 9.74. The first-order valence-corrected chi connectivity index (χ1v) is 9.28. The Kier molecular flexibility index (Phi) is 3.01. The molecule has 0 saturated heterocycles. The lowest BCUT2D eigenvalue weighted by Crippen LogP contribution is -2.57. The summed E-state index contributed by atoms with van der Waals surface area (Å²) in [6.45, 7) is 6.33. The topological polar surface area (TPSA) is 57.5 Å². The van der Waals surface area contributed by atoms with E-state index in [2.05, 4.69) is 19.1 Å². The van der Waals surface area contributed by atoms with Crippen molar-refractivity contribution in [1.82, 2.24) is 0 Å². The second kappa shape index (κ2) is 4.41. The van der Waals surface area contributed by atoms with Crippen molar-refractivity contribution in [3.63, 3.8) is 0 Å². The van der Waals surface area contributed by atoms with Crippen LogP contribution in [-0.4, -0.2) is 21.8 Å². The Balaban J connectivity index is 1.77. The summed E-state index contributed by atoms with van der Waals surface area (Å²) in [5.41, 5.74) is -0.907. The molecule has 1 spiro atoms. The fraction of sp³-hybridized carbons (Fsp3) is 0.850. The highest BCUT2D eigenvalue weighted by atomic mass is 16.4. The highest BCUT2D eigenvalue weighted by Gasteiger charge is 2.66. The van der Waals surface area contributed by atoms with Crippen LogP contribution in [0.5, 0.6) is 0 Å². The van der Waals surface area contributed by atoms with Crippen molar-refractivity contribution in [2.45, 2.75) is 71.3 Å². The van der Waals surface area contributed by atoms with Crippen LogP contribution in [0.25, 0.3) is 0 Å². The van der Waals surface area contributed by atoms with E-state index in [4.69, 9.17) is 0 Å². The Labute approximate surface area is 139 Å². The summed E-state index contributed by atoms with van der Waals surface area (Å²) in [5, 5.41) is 20.7. The summed E-state index contributed by atoms with van der Waals surface area (Å²) in [6, 6.07) is 0. The third kappa shape index (κ3) is 1.83. The summed E-state index contributed by atoms with van der Waals surface area (Å²) in [5.74, 6) is 0.357. The van der Waals surface area contributed by atoms with Gasteiger partial charge in [0.15, 0.2) is 0 Å². The van der Waals surface area contributed by atoms with Crippen LogP contribution < -0.4 is 0 Å². The molecule has 0 unspecified atom stereocenters. The normalized spacial score (nSPS) is 57.7. The first-order chi connectivity index (χ1) is 10.6. The lowest BCUT2D eigenvalue weighted by molar-refractivity contribution is -0.173. The molecule has 2 N–H and O–H groups in total. The van der Waals surface area contributed by atoms with Crippen LogP contribution in [0.2, 0.25) is 0 Å². The highest BCUT2D eigenvalue weighted by molar-refractivity contribution is 5.75. The largest absolute Gasteiger partial charge is 0.481 e. The molecule has 0 aromatic carbocycles. The molecule has 3 nitrogen and oxygen atoms in total. The van der Waals surface area contributed by atoms with Gasteiger partial charge >= 0.3 is 5.97 Å². The van der Waals surface area contributed by atoms with Gasteiger partial charge in [0.25, 0.3) is 0 Å². The maximum absolute atomic E-state index is 12.0.